The molecule has 19 heteroatoms. The second-order valence-electron chi connectivity index (χ2n) is 27.5. The van der Waals surface area contributed by atoms with E-state index in [2.05, 4.69) is 41.5 Å². The lowest BCUT2D eigenvalue weighted by Crippen LogP contribution is -2.30. The third kappa shape index (κ3) is 66.0. The zero-order chi connectivity index (χ0) is 69.3. The smallest absolute Gasteiger partial charge is 0.462 e. The Bertz CT molecular complexity index is 1820. The van der Waals surface area contributed by atoms with Crippen LogP contribution in [0.4, 0.5) is 0 Å². The van der Waals surface area contributed by atoms with Crippen molar-refractivity contribution in [1.82, 2.24) is 0 Å². The van der Waals surface area contributed by atoms with Gasteiger partial charge in [0.15, 0.2) is 12.2 Å². The fourth-order valence-corrected chi connectivity index (χ4v) is 13.0. The van der Waals surface area contributed by atoms with E-state index in [9.17, 15) is 43.2 Å². The van der Waals surface area contributed by atoms with Gasteiger partial charge in [0, 0.05) is 25.7 Å². The number of carbonyl (C=O) groups excluding carboxylic acids is 4. The van der Waals surface area contributed by atoms with Gasteiger partial charge < -0.3 is 33.8 Å². The quantitative estimate of drug-likeness (QED) is 0.0222. The van der Waals surface area contributed by atoms with Crippen molar-refractivity contribution in [3.63, 3.8) is 0 Å². The van der Waals surface area contributed by atoms with E-state index in [-0.39, 0.29) is 25.7 Å². The van der Waals surface area contributed by atoms with Gasteiger partial charge in [-0.2, -0.15) is 0 Å². The minimum atomic E-state index is -4.95. The van der Waals surface area contributed by atoms with E-state index in [1.54, 1.807) is 0 Å². The number of ether oxygens (including phenoxy) is 4. The monoisotopic (exact) mass is 1380 g/mol. The topological polar surface area (TPSA) is 237 Å². The lowest BCUT2D eigenvalue weighted by atomic mass is 9.99. The van der Waals surface area contributed by atoms with Crippen molar-refractivity contribution in [2.45, 2.75) is 407 Å². The maximum absolute atomic E-state index is 13.1. The molecule has 0 bridgehead atoms. The van der Waals surface area contributed by atoms with Gasteiger partial charge in [0.25, 0.3) is 0 Å². The summed E-state index contributed by atoms with van der Waals surface area (Å²) in [4.78, 5) is 72.7. The van der Waals surface area contributed by atoms with E-state index in [4.69, 9.17) is 37.0 Å². The molecule has 0 amide bonds. The summed E-state index contributed by atoms with van der Waals surface area (Å²) in [5, 5.41) is 10.6. The first kappa shape index (κ1) is 92.1. The zero-order valence-electron chi connectivity index (χ0n) is 61.3. The molecule has 0 fully saturated rings. The predicted octanol–water partition coefficient (Wildman–Crippen LogP) is 21.9. The molecular formula is C75H146O17P2. The maximum atomic E-state index is 13.1. The lowest BCUT2D eigenvalue weighted by Gasteiger charge is -2.21. The average molecular weight is 1380 g/mol. The molecule has 0 saturated heterocycles. The maximum Gasteiger partial charge on any atom is 0.472 e. The van der Waals surface area contributed by atoms with Gasteiger partial charge in [0.05, 0.1) is 26.4 Å². The first-order valence-corrected chi connectivity index (χ1v) is 42.1. The summed E-state index contributed by atoms with van der Waals surface area (Å²) >= 11 is 0. The number of aliphatic hydroxyl groups is 1. The Morgan fingerprint density at radius 3 is 0.755 bits per heavy atom. The molecule has 558 valence electrons. The molecule has 0 saturated carbocycles. The normalized spacial score (nSPS) is 14.6. The summed E-state index contributed by atoms with van der Waals surface area (Å²) in [5.41, 5.74) is 0. The van der Waals surface area contributed by atoms with Crippen molar-refractivity contribution in [3.05, 3.63) is 0 Å². The molecule has 0 heterocycles. The summed E-state index contributed by atoms with van der Waals surface area (Å²) < 4.78 is 68.4. The Hall–Kier alpha value is -1.94. The molecule has 0 rings (SSSR count). The van der Waals surface area contributed by atoms with Crippen LogP contribution in [0.1, 0.15) is 388 Å². The van der Waals surface area contributed by atoms with Gasteiger partial charge >= 0.3 is 39.5 Å². The fraction of sp³-hybridized carbons (Fsp3) is 0.947. The highest BCUT2D eigenvalue weighted by atomic mass is 31.2. The van der Waals surface area contributed by atoms with Crippen molar-refractivity contribution in [1.29, 1.82) is 0 Å². The number of phosphoric acid groups is 2. The lowest BCUT2D eigenvalue weighted by molar-refractivity contribution is -0.161. The van der Waals surface area contributed by atoms with Crippen molar-refractivity contribution in [2.24, 2.45) is 11.8 Å². The van der Waals surface area contributed by atoms with Crippen LogP contribution < -0.4 is 0 Å². The van der Waals surface area contributed by atoms with Gasteiger partial charge in [-0.05, 0) is 37.5 Å². The second-order valence-corrected chi connectivity index (χ2v) is 30.4. The Labute approximate surface area is 575 Å². The van der Waals surface area contributed by atoms with Gasteiger partial charge in [0.2, 0.25) is 0 Å². The minimum absolute atomic E-state index is 0.106. The van der Waals surface area contributed by atoms with Gasteiger partial charge in [-0.15, -0.1) is 0 Å². The molecule has 3 N–H and O–H groups in total. The van der Waals surface area contributed by atoms with E-state index >= 15 is 0 Å². The zero-order valence-corrected chi connectivity index (χ0v) is 63.1. The van der Waals surface area contributed by atoms with Gasteiger partial charge in [-0.3, -0.25) is 37.3 Å². The highest BCUT2D eigenvalue weighted by Gasteiger charge is 2.30. The van der Waals surface area contributed by atoms with Crippen LogP contribution in [0.25, 0.3) is 0 Å². The Kier molecular flexibility index (Phi) is 65.5. The highest BCUT2D eigenvalue weighted by Crippen LogP contribution is 2.45. The average Bonchev–Trinajstić information content (AvgIpc) is 1.23. The van der Waals surface area contributed by atoms with E-state index < -0.39 is 97.5 Å². The SMILES string of the molecule is CCCCCCCCCCCCCC(=O)OC[C@H](COP(=O)(O)OC[C@@H](O)COP(=O)(O)OC[C@@H](COC(=O)CCCCCCCCC(C)CC)OC(=O)CCCCCCCCCCCCC)OC(=O)CCCCCCCCCCCCCCCCCCCCC(C)CC. The number of carbonyl (C=O) groups is 4. The van der Waals surface area contributed by atoms with E-state index in [0.29, 0.717) is 25.7 Å². The van der Waals surface area contributed by atoms with Crippen LogP contribution in [0.15, 0.2) is 0 Å². The largest absolute Gasteiger partial charge is 0.472 e. The third-order valence-electron chi connectivity index (χ3n) is 18.2. The van der Waals surface area contributed by atoms with Gasteiger partial charge in [-0.25, -0.2) is 9.13 Å². The summed E-state index contributed by atoms with van der Waals surface area (Å²) in [6.07, 6.45) is 54.1. The van der Waals surface area contributed by atoms with Crippen molar-refractivity contribution in [2.75, 3.05) is 39.6 Å². The first-order valence-electron chi connectivity index (χ1n) is 39.1. The molecule has 4 unspecified atom stereocenters. The molecular weight excluding hydrogens is 1230 g/mol. The van der Waals surface area contributed by atoms with Crippen LogP contribution in [0.3, 0.4) is 0 Å². The van der Waals surface area contributed by atoms with Crippen molar-refractivity contribution in [3.8, 4) is 0 Å². The molecule has 17 nitrogen and oxygen atoms in total. The van der Waals surface area contributed by atoms with Crippen LogP contribution in [0.2, 0.25) is 0 Å². The van der Waals surface area contributed by atoms with Gasteiger partial charge in [-0.1, -0.05) is 337 Å². The number of phosphoric ester groups is 2. The summed E-state index contributed by atoms with van der Waals surface area (Å²) in [5.74, 6) is -0.516. The Morgan fingerprint density at radius 1 is 0.298 bits per heavy atom. The summed E-state index contributed by atoms with van der Waals surface area (Å²) in [7, 11) is -9.90. The molecule has 0 radical (unpaired) electrons. The molecule has 94 heavy (non-hydrogen) atoms. The third-order valence-corrected chi connectivity index (χ3v) is 20.1. The number of hydrogen-bond acceptors (Lipinski definition) is 15. The van der Waals surface area contributed by atoms with Gasteiger partial charge in [0.1, 0.15) is 19.3 Å². The minimum Gasteiger partial charge on any atom is -0.462 e. The van der Waals surface area contributed by atoms with Crippen molar-refractivity contribution >= 4 is 39.5 Å². The molecule has 0 aliphatic heterocycles. The van der Waals surface area contributed by atoms with Crippen LogP contribution in [0, 0.1) is 11.8 Å². The number of rotatable bonds is 74. The number of aliphatic hydroxyl groups excluding tert-OH is 1. The van der Waals surface area contributed by atoms with Crippen LogP contribution >= 0.6 is 15.6 Å². The predicted molar refractivity (Wildman–Crippen MR) is 381 cm³/mol. The molecule has 0 spiro atoms. The molecule has 0 aromatic rings. The standard InChI is InChI=1S/C75H146O17P2/c1-7-11-13-15-17-19-29-34-38-45-51-57-72(77)85-63-70(91-75(80)60-54-48-40-36-32-28-26-24-22-21-23-25-27-31-33-37-43-49-55-67(5)9-3)65-89-93(81,82)87-61-69(76)62-88-94(83,84)90-66-71(64-86-73(78)58-52-46-42-41-44-50-56-68(6)10-4)92-74(79)59-53-47-39-35-30-20-18-16-14-12-8-2/h67-71,76H,7-66H2,1-6H3,(H,81,82)(H,83,84)/t67?,68?,69-,70-,71-/m1/s1. The number of hydrogen-bond donors (Lipinski definition) is 3. The molecule has 0 aromatic heterocycles. The molecule has 7 atom stereocenters. The molecule has 0 aliphatic carbocycles. The van der Waals surface area contributed by atoms with E-state index in [1.807, 2.05) is 0 Å². The van der Waals surface area contributed by atoms with Crippen LogP contribution in [-0.2, 0) is 65.4 Å². The summed E-state index contributed by atoms with van der Waals surface area (Å²) in [6.45, 7) is 9.60. The molecule has 0 aromatic carbocycles. The van der Waals surface area contributed by atoms with E-state index in [0.717, 1.165) is 108 Å². The first-order chi connectivity index (χ1) is 45.4. The van der Waals surface area contributed by atoms with E-state index in [1.165, 1.54) is 199 Å². The Morgan fingerprint density at radius 2 is 0.511 bits per heavy atom. The second kappa shape index (κ2) is 66.9. The highest BCUT2D eigenvalue weighted by molar-refractivity contribution is 7.47. The van der Waals surface area contributed by atoms with Crippen LogP contribution in [0.5, 0.6) is 0 Å². The number of unbranched alkanes of at least 4 members (excludes halogenated alkanes) is 42. The fourth-order valence-electron chi connectivity index (χ4n) is 11.4. The number of esters is 4. The molecule has 0 aliphatic rings. The summed E-state index contributed by atoms with van der Waals surface area (Å²) in [6, 6.07) is 0. The Balaban J connectivity index is 5.16. The van der Waals surface area contributed by atoms with Crippen molar-refractivity contribution < 1.29 is 80.2 Å². The van der Waals surface area contributed by atoms with Crippen LogP contribution in [-0.4, -0.2) is 96.7 Å².